The number of halogens is 1. The maximum absolute atomic E-state index is 5.83. The van der Waals surface area contributed by atoms with E-state index in [1.54, 1.807) is 0 Å². The topological polar surface area (TPSA) is 39.1 Å². The van der Waals surface area contributed by atoms with E-state index in [2.05, 4.69) is 40.2 Å². The lowest BCUT2D eigenvalue weighted by Gasteiger charge is -2.11. The number of ether oxygens (including phenoxy) is 1. The van der Waals surface area contributed by atoms with Crippen LogP contribution in [0, 0.1) is 0 Å². The fourth-order valence-electron chi connectivity index (χ4n) is 2.35. The monoisotopic (exact) mass is 315 g/mol. The van der Waals surface area contributed by atoms with Crippen LogP contribution in [0.2, 0.25) is 0 Å². The van der Waals surface area contributed by atoms with Gasteiger partial charge in [-0.3, -0.25) is 4.68 Å². The number of hydrogen-bond donors (Lipinski definition) is 1. The normalized spacial score (nSPS) is 19.6. The van der Waals surface area contributed by atoms with E-state index in [-0.39, 0.29) is 0 Å². The third-order valence-corrected chi connectivity index (χ3v) is 4.33. The lowest BCUT2D eigenvalue weighted by atomic mass is 10.2. The van der Waals surface area contributed by atoms with Crippen LogP contribution in [0.3, 0.4) is 0 Å². The molecular formula is C13H22BrN3O. The van der Waals surface area contributed by atoms with Gasteiger partial charge in [-0.15, -0.1) is 0 Å². The second-order valence-electron chi connectivity index (χ2n) is 4.69. The summed E-state index contributed by atoms with van der Waals surface area (Å²) >= 11 is 3.64. The van der Waals surface area contributed by atoms with Crippen molar-refractivity contribution in [2.75, 3.05) is 13.2 Å². The summed E-state index contributed by atoms with van der Waals surface area (Å²) in [6, 6.07) is 0.535. The number of aromatic nitrogens is 2. The molecule has 0 bridgehead atoms. The zero-order valence-electron chi connectivity index (χ0n) is 11.2. The fourth-order valence-corrected chi connectivity index (χ4v) is 3.03. The molecule has 0 spiro atoms. The first-order valence-electron chi connectivity index (χ1n) is 6.81. The van der Waals surface area contributed by atoms with Crippen molar-refractivity contribution in [2.24, 2.45) is 0 Å². The lowest BCUT2D eigenvalue weighted by molar-refractivity contribution is 0.0977. The van der Waals surface area contributed by atoms with Gasteiger partial charge in [0.25, 0.3) is 0 Å². The van der Waals surface area contributed by atoms with Gasteiger partial charge in [0.15, 0.2) is 0 Å². The zero-order valence-corrected chi connectivity index (χ0v) is 12.8. The van der Waals surface area contributed by atoms with Crippen molar-refractivity contribution in [3.05, 3.63) is 15.9 Å². The summed E-state index contributed by atoms with van der Waals surface area (Å²) in [7, 11) is 0. The average Bonchev–Trinajstić information content (AvgIpc) is 2.99. The molecule has 1 unspecified atom stereocenters. The van der Waals surface area contributed by atoms with Crippen molar-refractivity contribution >= 4 is 15.9 Å². The first-order valence-corrected chi connectivity index (χ1v) is 7.60. The highest BCUT2D eigenvalue weighted by molar-refractivity contribution is 9.10. The van der Waals surface area contributed by atoms with Gasteiger partial charge in [-0.05, 0) is 48.7 Å². The molecule has 5 heteroatoms. The molecule has 0 aromatic carbocycles. The van der Waals surface area contributed by atoms with Crippen LogP contribution in [0.1, 0.15) is 38.1 Å². The second-order valence-corrected chi connectivity index (χ2v) is 5.48. The molecule has 0 saturated carbocycles. The van der Waals surface area contributed by atoms with Crippen LogP contribution in [-0.4, -0.2) is 29.0 Å². The standard InChI is InChI=1S/C13H22BrN3O/c1-3-11-13(14)12(17(4-2)16-11)9-18-8-10-6-5-7-15-10/h10,15H,3-9H2,1-2H3. The van der Waals surface area contributed by atoms with Crippen LogP contribution in [0.4, 0.5) is 0 Å². The number of rotatable bonds is 6. The molecule has 18 heavy (non-hydrogen) atoms. The van der Waals surface area contributed by atoms with Crippen LogP contribution in [0.25, 0.3) is 0 Å². The highest BCUT2D eigenvalue weighted by atomic mass is 79.9. The Kier molecular flexibility index (Phi) is 5.21. The first-order chi connectivity index (χ1) is 8.76. The van der Waals surface area contributed by atoms with E-state index in [0.29, 0.717) is 12.6 Å². The highest BCUT2D eigenvalue weighted by Crippen LogP contribution is 2.23. The molecule has 1 atom stereocenters. The maximum atomic E-state index is 5.83. The van der Waals surface area contributed by atoms with Crippen LogP contribution in [0.15, 0.2) is 4.47 Å². The van der Waals surface area contributed by atoms with Crippen molar-refractivity contribution in [2.45, 2.75) is 52.3 Å². The van der Waals surface area contributed by atoms with E-state index in [1.165, 1.54) is 12.8 Å². The third kappa shape index (κ3) is 3.13. The minimum absolute atomic E-state index is 0.535. The summed E-state index contributed by atoms with van der Waals surface area (Å²) in [6.07, 6.45) is 3.45. The van der Waals surface area contributed by atoms with Gasteiger partial charge in [0.2, 0.25) is 0 Å². The summed E-state index contributed by atoms with van der Waals surface area (Å²) in [5.41, 5.74) is 2.28. The second kappa shape index (κ2) is 6.68. The summed E-state index contributed by atoms with van der Waals surface area (Å²) in [6.45, 7) is 7.69. The van der Waals surface area contributed by atoms with Crippen LogP contribution < -0.4 is 5.32 Å². The lowest BCUT2D eigenvalue weighted by Crippen LogP contribution is -2.26. The van der Waals surface area contributed by atoms with Gasteiger partial charge in [0.1, 0.15) is 0 Å². The molecule has 1 aromatic heterocycles. The van der Waals surface area contributed by atoms with Gasteiger partial charge in [-0.1, -0.05) is 6.92 Å². The molecule has 2 rings (SSSR count). The van der Waals surface area contributed by atoms with E-state index in [4.69, 9.17) is 4.74 Å². The van der Waals surface area contributed by atoms with E-state index in [0.717, 1.165) is 42.0 Å². The quantitative estimate of drug-likeness (QED) is 0.876. The minimum Gasteiger partial charge on any atom is -0.374 e. The molecule has 102 valence electrons. The molecule has 0 radical (unpaired) electrons. The number of hydrogen-bond acceptors (Lipinski definition) is 3. The van der Waals surface area contributed by atoms with Gasteiger partial charge in [-0.2, -0.15) is 5.10 Å². The summed E-state index contributed by atoms with van der Waals surface area (Å²) in [5.74, 6) is 0. The van der Waals surface area contributed by atoms with Crippen molar-refractivity contribution < 1.29 is 4.74 Å². The number of nitrogens with zero attached hydrogens (tertiary/aromatic N) is 2. The average molecular weight is 316 g/mol. The van der Waals surface area contributed by atoms with E-state index >= 15 is 0 Å². The summed E-state index contributed by atoms with van der Waals surface area (Å²) < 4.78 is 8.98. The molecule has 1 aliphatic rings. The molecule has 1 aromatic rings. The van der Waals surface area contributed by atoms with Crippen LogP contribution in [-0.2, 0) is 24.3 Å². The van der Waals surface area contributed by atoms with Crippen molar-refractivity contribution in [1.82, 2.24) is 15.1 Å². The minimum atomic E-state index is 0.535. The van der Waals surface area contributed by atoms with Gasteiger partial charge in [0, 0.05) is 12.6 Å². The SMILES string of the molecule is CCc1nn(CC)c(COCC2CCCN2)c1Br. The van der Waals surface area contributed by atoms with Crippen molar-refractivity contribution in [3.8, 4) is 0 Å². The first kappa shape index (κ1) is 14.0. The fraction of sp³-hybridized carbons (Fsp3) is 0.769. The van der Waals surface area contributed by atoms with Gasteiger partial charge in [0.05, 0.1) is 29.1 Å². The van der Waals surface area contributed by atoms with E-state index in [1.807, 2.05) is 4.68 Å². The molecule has 2 heterocycles. The Morgan fingerprint density at radius 1 is 1.50 bits per heavy atom. The zero-order chi connectivity index (χ0) is 13.0. The molecule has 0 aliphatic carbocycles. The van der Waals surface area contributed by atoms with Crippen molar-refractivity contribution in [3.63, 3.8) is 0 Å². The third-order valence-electron chi connectivity index (χ3n) is 3.41. The van der Waals surface area contributed by atoms with Gasteiger partial charge in [-0.25, -0.2) is 0 Å². The molecule has 1 fully saturated rings. The Hall–Kier alpha value is -0.390. The molecule has 4 nitrogen and oxygen atoms in total. The Labute approximate surface area is 117 Å². The Morgan fingerprint density at radius 2 is 2.33 bits per heavy atom. The predicted molar refractivity (Wildman–Crippen MR) is 75.7 cm³/mol. The van der Waals surface area contributed by atoms with E-state index < -0.39 is 0 Å². The molecule has 0 amide bonds. The Bertz CT molecular complexity index is 386. The molecular weight excluding hydrogens is 294 g/mol. The number of nitrogens with one attached hydrogen (secondary N) is 1. The smallest absolute Gasteiger partial charge is 0.0897 e. The van der Waals surface area contributed by atoms with Gasteiger partial charge < -0.3 is 10.1 Å². The maximum Gasteiger partial charge on any atom is 0.0897 e. The molecule has 1 saturated heterocycles. The molecule has 1 aliphatic heterocycles. The predicted octanol–water partition coefficient (Wildman–Crippen LogP) is 2.50. The van der Waals surface area contributed by atoms with Crippen LogP contribution in [0.5, 0.6) is 0 Å². The Balaban J connectivity index is 1.92. The van der Waals surface area contributed by atoms with Crippen LogP contribution >= 0.6 is 15.9 Å². The van der Waals surface area contributed by atoms with E-state index in [9.17, 15) is 0 Å². The Morgan fingerprint density at radius 3 is 2.94 bits per heavy atom. The summed E-state index contributed by atoms with van der Waals surface area (Å²) in [5, 5.41) is 8.01. The number of aryl methyl sites for hydroxylation is 2. The molecule has 1 N–H and O–H groups in total. The highest BCUT2D eigenvalue weighted by Gasteiger charge is 2.16. The summed E-state index contributed by atoms with van der Waals surface area (Å²) in [4.78, 5) is 0. The largest absolute Gasteiger partial charge is 0.374 e. The van der Waals surface area contributed by atoms with Crippen molar-refractivity contribution in [1.29, 1.82) is 0 Å². The van der Waals surface area contributed by atoms with Gasteiger partial charge >= 0.3 is 0 Å².